The molecule has 3 rings (SSSR count). The molecule has 0 radical (unpaired) electrons. The van der Waals surface area contributed by atoms with E-state index in [1.165, 1.54) is 24.3 Å². The van der Waals surface area contributed by atoms with E-state index in [0.29, 0.717) is 11.0 Å². The van der Waals surface area contributed by atoms with Gasteiger partial charge in [-0.05, 0) is 24.3 Å². The molecule has 0 amide bonds. The average molecular weight is 386 g/mol. The lowest BCUT2D eigenvalue weighted by atomic mass is 10.3. The molecule has 7 nitrogen and oxygen atoms in total. The Bertz CT molecular complexity index is 1000. The van der Waals surface area contributed by atoms with E-state index in [1.807, 2.05) is 0 Å². The second kappa shape index (κ2) is 6.44. The lowest BCUT2D eigenvalue weighted by Crippen LogP contribution is -2.12. The lowest BCUT2D eigenvalue weighted by Gasteiger charge is -2.12. The predicted octanol–water partition coefficient (Wildman–Crippen LogP) is 3.09. The third-order valence-corrected chi connectivity index (χ3v) is 5.02. The van der Waals surface area contributed by atoms with E-state index >= 15 is 0 Å². The van der Waals surface area contributed by atoms with Crippen LogP contribution >= 0.6 is 11.6 Å². The van der Waals surface area contributed by atoms with Gasteiger partial charge in [-0.3, -0.25) is 8.93 Å². The maximum Gasteiger partial charge on any atom is 0.295 e. The first kappa shape index (κ1) is 16.8. The molecule has 0 bridgehead atoms. The first-order chi connectivity index (χ1) is 11.3. The normalized spacial score (nSPS) is 12.9. The molecule has 24 heavy (non-hydrogen) atoms. The van der Waals surface area contributed by atoms with Crippen LogP contribution in [0.25, 0.3) is 11.0 Å². The summed E-state index contributed by atoms with van der Waals surface area (Å²) in [5.74, 6) is 0. The van der Waals surface area contributed by atoms with Crippen molar-refractivity contribution in [2.24, 2.45) is 0 Å². The summed E-state index contributed by atoms with van der Waals surface area (Å²) in [4.78, 5) is 0. The number of hydrogen-bond donors (Lipinski definition) is 2. The van der Waals surface area contributed by atoms with Crippen LogP contribution in [-0.4, -0.2) is 17.2 Å². The SMILES string of the molecule is O=S([O-])Nc1ccc(NS(=O)(=O)c2cc3ccccc3o2)cc1Cl. The lowest BCUT2D eigenvalue weighted by molar-refractivity contribution is 0.484. The Hall–Kier alpha value is -2.07. The monoisotopic (exact) mass is 385 g/mol. The van der Waals surface area contributed by atoms with Gasteiger partial charge in [0.2, 0.25) is 5.09 Å². The number of sulfonamides is 1. The molecule has 1 aromatic heterocycles. The zero-order chi connectivity index (χ0) is 17.3. The van der Waals surface area contributed by atoms with E-state index in [4.69, 9.17) is 16.0 Å². The molecule has 126 valence electrons. The van der Waals surface area contributed by atoms with Gasteiger partial charge in [0, 0.05) is 22.7 Å². The number of para-hydroxylation sites is 1. The smallest absolute Gasteiger partial charge is 0.295 e. The van der Waals surface area contributed by atoms with Crippen molar-refractivity contribution in [3.63, 3.8) is 0 Å². The van der Waals surface area contributed by atoms with Gasteiger partial charge in [0.15, 0.2) is 0 Å². The molecule has 2 aromatic carbocycles. The molecule has 0 aliphatic carbocycles. The van der Waals surface area contributed by atoms with Crippen molar-refractivity contribution in [2.75, 3.05) is 9.44 Å². The summed E-state index contributed by atoms with van der Waals surface area (Å²) in [6, 6.07) is 12.3. The highest BCUT2D eigenvalue weighted by Gasteiger charge is 2.20. The first-order valence-corrected chi connectivity index (χ1v) is 9.46. The van der Waals surface area contributed by atoms with Crippen LogP contribution in [0.4, 0.5) is 11.4 Å². The fraction of sp³-hybridized carbons (Fsp3) is 0. The summed E-state index contributed by atoms with van der Waals surface area (Å²) < 4.78 is 55.8. The molecule has 1 atom stereocenters. The van der Waals surface area contributed by atoms with Crippen LogP contribution in [0.1, 0.15) is 0 Å². The summed E-state index contributed by atoms with van der Waals surface area (Å²) in [7, 11) is -3.95. The van der Waals surface area contributed by atoms with Crippen LogP contribution < -0.4 is 9.44 Å². The fourth-order valence-corrected chi connectivity index (χ4v) is 3.71. The van der Waals surface area contributed by atoms with Crippen LogP contribution in [0.3, 0.4) is 0 Å². The highest BCUT2D eigenvalue weighted by molar-refractivity contribution is 7.92. The van der Waals surface area contributed by atoms with Crippen molar-refractivity contribution >= 4 is 55.2 Å². The maximum atomic E-state index is 12.4. The van der Waals surface area contributed by atoms with Gasteiger partial charge < -0.3 is 13.7 Å². The third-order valence-electron chi connectivity index (χ3n) is 3.08. The second-order valence-electron chi connectivity index (χ2n) is 4.74. The summed E-state index contributed by atoms with van der Waals surface area (Å²) in [5.41, 5.74) is 0.757. The quantitative estimate of drug-likeness (QED) is 0.655. The van der Waals surface area contributed by atoms with E-state index in [1.54, 1.807) is 24.3 Å². The first-order valence-electron chi connectivity index (χ1n) is 6.52. The van der Waals surface area contributed by atoms with Gasteiger partial charge in [-0.15, -0.1) is 0 Å². The Labute approximate surface area is 145 Å². The Morgan fingerprint density at radius 3 is 2.54 bits per heavy atom. The minimum absolute atomic E-state index is 0.0454. The summed E-state index contributed by atoms with van der Waals surface area (Å²) in [6.07, 6.45) is 0. The van der Waals surface area contributed by atoms with E-state index in [0.717, 1.165) is 0 Å². The molecular weight excluding hydrogens is 376 g/mol. The average Bonchev–Trinajstić information content (AvgIpc) is 2.94. The van der Waals surface area contributed by atoms with Crippen molar-refractivity contribution in [3.05, 3.63) is 53.6 Å². The summed E-state index contributed by atoms with van der Waals surface area (Å²) in [5, 5.41) is 0.472. The Morgan fingerprint density at radius 2 is 1.88 bits per heavy atom. The zero-order valence-electron chi connectivity index (χ0n) is 11.9. The van der Waals surface area contributed by atoms with Crippen LogP contribution in [0.15, 0.2) is 58.0 Å². The van der Waals surface area contributed by atoms with Crippen LogP contribution in [0, 0.1) is 0 Å². The van der Waals surface area contributed by atoms with Gasteiger partial charge in [-0.2, -0.15) is 8.42 Å². The molecule has 3 aromatic rings. The van der Waals surface area contributed by atoms with E-state index in [2.05, 4.69) is 9.44 Å². The topological polar surface area (TPSA) is 111 Å². The van der Waals surface area contributed by atoms with Crippen LogP contribution in [0.5, 0.6) is 0 Å². The van der Waals surface area contributed by atoms with E-state index < -0.39 is 21.3 Å². The molecule has 0 fully saturated rings. The van der Waals surface area contributed by atoms with Gasteiger partial charge in [-0.1, -0.05) is 29.8 Å². The molecular formula is C14H10ClN2O5S2-. The maximum absolute atomic E-state index is 12.4. The molecule has 0 saturated heterocycles. The van der Waals surface area contributed by atoms with E-state index in [9.17, 15) is 17.2 Å². The van der Waals surface area contributed by atoms with Gasteiger partial charge in [0.1, 0.15) is 5.58 Å². The van der Waals surface area contributed by atoms with Gasteiger partial charge in [-0.25, -0.2) is 0 Å². The Kier molecular flexibility index (Phi) is 4.50. The molecule has 2 N–H and O–H groups in total. The standard InChI is InChI=1S/C14H11ClN2O5S2/c15-11-8-10(5-6-12(11)16-23(18)19)17-24(20,21)14-7-9-3-1-2-4-13(9)22-14/h1-8,16-17H,(H,18,19)/p-1. The molecule has 0 spiro atoms. The van der Waals surface area contributed by atoms with Gasteiger partial charge in [0.05, 0.1) is 16.4 Å². The zero-order valence-corrected chi connectivity index (χ0v) is 14.2. The molecule has 0 aliphatic rings. The van der Waals surface area contributed by atoms with Crippen molar-refractivity contribution < 1.29 is 21.6 Å². The fourth-order valence-electron chi connectivity index (χ4n) is 2.05. The van der Waals surface area contributed by atoms with Crippen molar-refractivity contribution in [2.45, 2.75) is 5.09 Å². The van der Waals surface area contributed by atoms with E-state index in [-0.39, 0.29) is 21.5 Å². The third kappa shape index (κ3) is 3.54. The molecule has 10 heteroatoms. The predicted molar refractivity (Wildman–Crippen MR) is 91.0 cm³/mol. The molecule has 0 saturated carbocycles. The minimum atomic E-state index is -3.95. The Morgan fingerprint density at radius 1 is 1.12 bits per heavy atom. The van der Waals surface area contributed by atoms with Crippen LogP contribution in [-0.2, 0) is 21.3 Å². The van der Waals surface area contributed by atoms with Crippen LogP contribution in [0.2, 0.25) is 5.02 Å². The minimum Gasteiger partial charge on any atom is -0.755 e. The van der Waals surface area contributed by atoms with Crippen molar-refractivity contribution in [1.82, 2.24) is 0 Å². The molecule has 1 heterocycles. The number of hydrogen-bond acceptors (Lipinski definition) is 5. The number of rotatable bonds is 5. The summed E-state index contributed by atoms with van der Waals surface area (Å²) >= 11 is 3.39. The Balaban J connectivity index is 1.89. The number of benzene rings is 2. The number of fused-ring (bicyclic) bond motifs is 1. The highest BCUT2D eigenvalue weighted by atomic mass is 35.5. The van der Waals surface area contributed by atoms with Crippen molar-refractivity contribution in [3.8, 4) is 0 Å². The summed E-state index contributed by atoms with van der Waals surface area (Å²) in [6.45, 7) is 0. The number of anilines is 2. The molecule has 0 aliphatic heterocycles. The number of nitrogens with one attached hydrogen (secondary N) is 2. The second-order valence-corrected chi connectivity index (χ2v) is 7.43. The molecule has 1 unspecified atom stereocenters. The van der Waals surface area contributed by atoms with Gasteiger partial charge >= 0.3 is 0 Å². The van der Waals surface area contributed by atoms with Crippen molar-refractivity contribution in [1.29, 1.82) is 0 Å². The largest absolute Gasteiger partial charge is 0.755 e. The highest BCUT2D eigenvalue weighted by Crippen LogP contribution is 2.28. The number of furan rings is 1. The van der Waals surface area contributed by atoms with Gasteiger partial charge in [0.25, 0.3) is 10.0 Å². The number of halogens is 1.